The fraction of sp³-hybridized carbons (Fsp3) is 0.647. The minimum Gasteiger partial charge on any atom is -0.382 e. The largest absolute Gasteiger partial charge is 0.382 e. The van der Waals surface area contributed by atoms with Crippen molar-refractivity contribution < 1.29 is 14.2 Å². The van der Waals surface area contributed by atoms with Gasteiger partial charge in [-0.15, -0.1) is 0 Å². The maximum Gasteiger partial charge on any atom is 0.0701 e. The third-order valence-corrected chi connectivity index (χ3v) is 4.38. The number of nitrogens with two attached hydrogens (primary N) is 1. The van der Waals surface area contributed by atoms with E-state index in [0.29, 0.717) is 33.0 Å². The number of aryl methyl sites for hydroxylation is 1. The van der Waals surface area contributed by atoms with Gasteiger partial charge in [-0.2, -0.15) is 0 Å². The van der Waals surface area contributed by atoms with Crippen LogP contribution in [0.1, 0.15) is 24.0 Å². The first-order valence-electron chi connectivity index (χ1n) is 7.75. The van der Waals surface area contributed by atoms with Gasteiger partial charge >= 0.3 is 0 Å². The van der Waals surface area contributed by atoms with Crippen LogP contribution in [0.25, 0.3) is 0 Å². The zero-order valence-electron chi connectivity index (χ0n) is 13.0. The molecule has 1 aromatic rings. The van der Waals surface area contributed by atoms with Crippen LogP contribution in [0.2, 0.25) is 0 Å². The lowest BCUT2D eigenvalue weighted by Crippen LogP contribution is -2.34. The second-order valence-corrected chi connectivity index (χ2v) is 5.61. The zero-order valence-corrected chi connectivity index (χ0v) is 13.0. The number of rotatable bonds is 10. The highest BCUT2D eigenvalue weighted by atomic mass is 16.5. The van der Waals surface area contributed by atoms with Crippen LogP contribution in [0, 0.1) is 0 Å². The summed E-state index contributed by atoms with van der Waals surface area (Å²) in [5.41, 5.74) is 9.06. The number of methoxy groups -OCH3 is 1. The van der Waals surface area contributed by atoms with Crippen molar-refractivity contribution in [2.45, 2.75) is 24.7 Å². The Kier molecular flexibility index (Phi) is 6.64. The second kappa shape index (κ2) is 8.49. The van der Waals surface area contributed by atoms with Crippen LogP contribution in [0.5, 0.6) is 0 Å². The lowest BCUT2D eigenvalue weighted by atomic mass is 9.79. The van der Waals surface area contributed by atoms with Crippen molar-refractivity contribution in [1.82, 2.24) is 0 Å². The van der Waals surface area contributed by atoms with Gasteiger partial charge in [-0.25, -0.2) is 0 Å². The molecule has 2 rings (SSSR count). The topological polar surface area (TPSA) is 53.7 Å². The molecular weight excluding hydrogens is 266 g/mol. The van der Waals surface area contributed by atoms with E-state index in [1.54, 1.807) is 7.11 Å². The van der Waals surface area contributed by atoms with Crippen LogP contribution in [0.15, 0.2) is 24.3 Å². The molecule has 1 unspecified atom stereocenters. The van der Waals surface area contributed by atoms with Gasteiger partial charge in [-0.05, 0) is 30.4 Å². The number of fused-ring (bicyclic) bond motifs is 1. The van der Waals surface area contributed by atoms with E-state index >= 15 is 0 Å². The predicted molar refractivity (Wildman–Crippen MR) is 83.6 cm³/mol. The summed E-state index contributed by atoms with van der Waals surface area (Å²) in [5.74, 6) is 0. The Labute approximate surface area is 127 Å². The third kappa shape index (κ3) is 4.27. The Morgan fingerprint density at radius 1 is 1.05 bits per heavy atom. The molecule has 2 N–H and O–H groups in total. The minimum absolute atomic E-state index is 0.105. The van der Waals surface area contributed by atoms with Gasteiger partial charge in [0.2, 0.25) is 0 Å². The standard InChI is InChI=1S/C17H27NO3/c1-19-10-11-21-13-12-20-9-8-17(14-18)7-6-15-4-2-3-5-16(15)17/h2-5H,6-14,18H2,1H3. The van der Waals surface area contributed by atoms with Crippen molar-refractivity contribution in [3.63, 3.8) is 0 Å². The smallest absolute Gasteiger partial charge is 0.0701 e. The van der Waals surface area contributed by atoms with Gasteiger partial charge in [0.25, 0.3) is 0 Å². The molecule has 1 aliphatic rings. The molecule has 118 valence electrons. The van der Waals surface area contributed by atoms with E-state index in [-0.39, 0.29) is 5.41 Å². The fourth-order valence-corrected chi connectivity index (χ4v) is 3.07. The summed E-state index contributed by atoms with van der Waals surface area (Å²) >= 11 is 0. The highest BCUT2D eigenvalue weighted by Gasteiger charge is 2.36. The third-order valence-electron chi connectivity index (χ3n) is 4.38. The molecule has 0 amide bonds. The van der Waals surface area contributed by atoms with Gasteiger partial charge in [0.05, 0.1) is 26.4 Å². The minimum atomic E-state index is 0.105. The zero-order chi connectivity index (χ0) is 15.0. The molecule has 0 saturated heterocycles. The maximum atomic E-state index is 6.09. The molecule has 4 nitrogen and oxygen atoms in total. The Hall–Kier alpha value is -0.940. The predicted octanol–water partition coefficient (Wildman–Crippen LogP) is 1.90. The summed E-state index contributed by atoms with van der Waals surface area (Å²) in [5, 5.41) is 0. The van der Waals surface area contributed by atoms with Gasteiger partial charge in [-0.1, -0.05) is 24.3 Å². The van der Waals surface area contributed by atoms with E-state index < -0.39 is 0 Å². The quantitative estimate of drug-likeness (QED) is 0.669. The van der Waals surface area contributed by atoms with Crippen LogP contribution in [0.4, 0.5) is 0 Å². The molecule has 0 heterocycles. The van der Waals surface area contributed by atoms with Crippen molar-refractivity contribution in [2.24, 2.45) is 5.73 Å². The molecule has 0 aromatic heterocycles. The van der Waals surface area contributed by atoms with Crippen LogP contribution in [-0.2, 0) is 26.0 Å². The van der Waals surface area contributed by atoms with E-state index in [1.165, 1.54) is 11.1 Å². The molecule has 0 saturated carbocycles. The Morgan fingerprint density at radius 2 is 1.76 bits per heavy atom. The Balaban J connectivity index is 1.72. The van der Waals surface area contributed by atoms with E-state index in [1.807, 2.05) is 0 Å². The van der Waals surface area contributed by atoms with Crippen molar-refractivity contribution >= 4 is 0 Å². The molecule has 21 heavy (non-hydrogen) atoms. The fourth-order valence-electron chi connectivity index (χ4n) is 3.07. The monoisotopic (exact) mass is 293 g/mol. The summed E-state index contributed by atoms with van der Waals surface area (Å²) < 4.78 is 16.0. The molecular formula is C17H27NO3. The molecule has 1 aromatic carbocycles. The maximum absolute atomic E-state index is 6.09. The van der Waals surface area contributed by atoms with Crippen molar-refractivity contribution in [3.8, 4) is 0 Å². The highest BCUT2D eigenvalue weighted by Crippen LogP contribution is 2.40. The van der Waals surface area contributed by atoms with Crippen molar-refractivity contribution in [1.29, 1.82) is 0 Å². The van der Waals surface area contributed by atoms with Crippen molar-refractivity contribution in [3.05, 3.63) is 35.4 Å². The molecule has 0 fully saturated rings. The summed E-state index contributed by atoms with van der Waals surface area (Å²) in [6.45, 7) is 3.94. The first-order valence-corrected chi connectivity index (χ1v) is 7.75. The van der Waals surface area contributed by atoms with E-state index in [0.717, 1.165) is 25.9 Å². The molecule has 1 atom stereocenters. The van der Waals surface area contributed by atoms with Gasteiger partial charge in [0.15, 0.2) is 0 Å². The van der Waals surface area contributed by atoms with Gasteiger partial charge < -0.3 is 19.9 Å². The van der Waals surface area contributed by atoms with Crippen LogP contribution in [0.3, 0.4) is 0 Å². The Bertz CT molecular complexity index is 424. The molecule has 0 radical (unpaired) electrons. The molecule has 1 aliphatic carbocycles. The van der Waals surface area contributed by atoms with Gasteiger partial charge in [0.1, 0.15) is 0 Å². The van der Waals surface area contributed by atoms with Crippen LogP contribution < -0.4 is 5.73 Å². The number of hydrogen-bond acceptors (Lipinski definition) is 4. The average molecular weight is 293 g/mol. The van der Waals surface area contributed by atoms with Crippen molar-refractivity contribution in [2.75, 3.05) is 46.7 Å². The number of benzene rings is 1. The lowest BCUT2D eigenvalue weighted by molar-refractivity contribution is 0.0207. The van der Waals surface area contributed by atoms with E-state index in [9.17, 15) is 0 Å². The van der Waals surface area contributed by atoms with Crippen LogP contribution in [-0.4, -0.2) is 46.7 Å². The molecule has 4 heteroatoms. The summed E-state index contributed by atoms with van der Waals surface area (Å²) in [7, 11) is 1.67. The van der Waals surface area contributed by atoms with E-state index in [2.05, 4.69) is 24.3 Å². The van der Waals surface area contributed by atoms with Crippen LogP contribution >= 0.6 is 0 Å². The Morgan fingerprint density at radius 3 is 2.52 bits per heavy atom. The lowest BCUT2D eigenvalue weighted by Gasteiger charge is -2.29. The summed E-state index contributed by atoms with van der Waals surface area (Å²) in [6, 6.07) is 8.67. The summed E-state index contributed by atoms with van der Waals surface area (Å²) in [4.78, 5) is 0. The van der Waals surface area contributed by atoms with Gasteiger partial charge in [-0.3, -0.25) is 0 Å². The first-order chi connectivity index (χ1) is 10.3. The summed E-state index contributed by atoms with van der Waals surface area (Å²) in [6.07, 6.45) is 3.25. The van der Waals surface area contributed by atoms with E-state index in [4.69, 9.17) is 19.9 Å². The first kappa shape index (κ1) is 16.4. The average Bonchev–Trinajstić information content (AvgIpc) is 2.90. The normalized spacial score (nSPS) is 20.7. The number of hydrogen-bond donors (Lipinski definition) is 1. The molecule has 0 spiro atoms. The second-order valence-electron chi connectivity index (χ2n) is 5.61. The van der Waals surface area contributed by atoms with Gasteiger partial charge in [0, 0.05) is 25.7 Å². The number of ether oxygens (including phenoxy) is 3. The molecule has 0 aliphatic heterocycles. The highest BCUT2D eigenvalue weighted by molar-refractivity contribution is 5.39. The SMILES string of the molecule is COCCOCCOCCC1(CN)CCc2ccccc21. The molecule has 0 bridgehead atoms.